The molecule has 1 aromatic heterocycles. The molecule has 4 heteroatoms. The lowest BCUT2D eigenvalue weighted by atomic mass is 9.49. The lowest BCUT2D eigenvalue weighted by molar-refractivity contribution is -0.00839. The van der Waals surface area contributed by atoms with Gasteiger partial charge in [0, 0.05) is 5.41 Å². The molecule has 4 saturated carbocycles. The minimum atomic E-state index is 0.187. The van der Waals surface area contributed by atoms with Gasteiger partial charge in [0.25, 0.3) is 0 Å². The Balaban J connectivity index is 1.80. The number of anilines is 1. The van der Waals surface area contributed by atoms with Gasteiger partial charge in [0.05, 0.1) is 0 Å². The summed E-state index contributed by atoms with van der Waals surface area (Å²) in [5.41, 5.74) is 6.84. The summed E-state index contributed by atoms with van der Waals surface area (Å²) in [7, 11) is 0. The third kappa shape index (κ3) is 1.32. The van der Waals surface area contributed by atoms with E-state index in [1.54, 1.807) is 0 Å². The highest BCUT2D eigenvalue weighted by Crippen LogP contribution is 2.61. The SMILES string of the molecule is Nc1onc(C23CC4CC(CC(C4)C2)C3)c1Cl. The minimum Gasteiger partial charge on any atom is -0.366 e. The van der Waals surface area contributed by atoms with Crippen LogP contribution in [0.4, 0.5) is 5.88 Å². The van der Waals surface area contributed by atoms with Gasteiger partial charge in [-0.15, -0.1) is 0 Å². The van der Waals surface area contributed by atoms with Crippen molar-refractivity contribution in [1.82, 2.24) is 5.16 Å². The number of hydrogen-bond acceptors (Lipinski definition) is 3. The van der Waals surface area contributed by atoms with Crippen molar-refractivity contribution in [3.05, 3.63) is 10.7 Å². The topological polar surface area (TPSA) is 52.0 Å². The second-order valence-corrected chi connectivity index (χ2v) is 6.79. The standard InChI is InChI=1S/C13H17ClN2O/c14-10-11(16-17-12(10)15)13-4-7-1-8(5-13)3-9(2-7)6-13/h7-9H,1-6,15H2. The maximum absolute atomic E-state index is 6.26. The molecule has 1 heterocycles. The van der Waals surface area contributed by atoms with E-state index in [-0.39, 0.29) is 11.3 Å². The molecule has 4 fully saturated rings. The third-order valence-electron chi connectivity index (χ3n) is 5.20. The van der Waals surface area contributed by atoms with Crippen molar-refractivity contribution in [2.24, 2.45) is 17.8 Å². The van der Waals surface area contributed by atoms with Crippen LogP contribution in [0.3, 0.4) is 0 Å². The van der Waals surface area contributed by atoms with Crippen molar-refractivity contribution < 1.29 is 4.52 Å². The first kappa shape index (κ1) is 10.2. The molecule has 0 spiro atoms. The van der Waals surface area contributed by atoms with E-state index in [1.165, 1.54) is 38.5 Å². The number of nitrogen functional groups attached to an aromatic ring is 1. The summed E-state index contributed by atoms with van der Waals surface area (Å²) in [6, 6.07) is 0. The average Bonchev–Trinajstić information content (AvgIpc) is 2.58. The van der Waals surface area contributed by atoms with Crippen molar-refractivity contribution in [3.63, 3.8) is 0 Å². The molecule has 0 unspecified atom stereocenters. The van der Waals surface area contributed by atoms with Crippen LogP contribution < -0.4 is 5.73 Å². The lowest BCUT2D eigenvalue weighted by Gasteiger charge is -2.56. The summed E-state index contributed by atoms with van der Waals surface area (Å²) in [6.07, 6.45) is 7.98. The average molecular weight is 253 g/mol. The van der Waals surface area contributed by atoms with Gasteiger partial charge in [-0.2, -0.15) is 0 Å². The minimum absolute atomic E-state index is 0.187. The maximum atomic E-state index is 6.26. The van der Waals surface area contributed by atoms with Crippen molar-refractivity contribution in [2.75, 3.05) is 5.73 Å². The number of nitrogens with two attached hydrogens (primary N) is 1. The molecule has 0 radical (unpaired) electrons. The normalized spacial score (nSPS) is 43.2. The third-order valence-corrected chi connectivity index (χ3v) is 5.57. The Morgan fingerprint density at radius 2 is 1.65 bits per heavy atom. The van der Waals surface area contributed by atoms with Crippen LogP contribution >= 0.6 is 11.6 Å². The van der Waals surface area contributed by atoms with Crippen LogP contribution in [0.1, 0.15) is 44.2 Å². The second kappa shape index (κ2) is 3.19. The molecule has 0 saturated heterocycles. The highest BCUT2D eigenvalue weighted by Gasteiger charge is 2.53. The van der Waals surface area contributed by atoms with E-state index < -0.39 is 0 Å². The number of halogens is 1. The second-order valence-electron chi connectivity index (χ2n) is 6.41. The molecule has 92 valence electrons. The van der Waals surface area contributed by atoms with Gasteiger partial charge < -0.3 is 10.3 Å². The van der Waals surface area contributed by atoms with E-state index in [2.05, 4.69) is 5.16 Å². The number of rotatable bonds is 1. The molecule has 17 heavy (non-hydrogen) atoms. The molecule has 0 amide bonds. The van der Waals surface area contributed by atoms with Gasteiger partial charge in [0.2, 0.25) is 5.88 Å². The first-order valence-corrected chi connectivity index (χ1v) is 6.95. The summed E-state index contributed by atoms with van der Waals surface area (Å²) in [4.78, 5) is 0. The predicted octanol–water partition coefficient (Wildman–Crippen LogP) is 3.38. The van der Waals surface area contributed by atoms with Crippen LogP contribution in [-0.2, 0) is 5.41 Å². The summed E-state index contributed by atoms with van der Waals surface area (Å²) in [5, 5.41) is 4.75. The lowest BCUT2D eigenvalue weighted by Crippen LogP contribution is -2.48. The molecule has 4 aliphatic carbocycles. The molecule has 0 aliphatic heterocycles. The number of hydrogen-bond donors (Lipinski definition) is 1. The van der Waals surface area contributed by atoms with E-state index in [0.29, 0.717) is 5.02 Å². The summed E-state index contributed by atoms with van der Waals surface area (Å²) in [6.45, 7) is 0. The van der Waals surface area contributed by atoms with Crippen LogP contribution in [0.5, 0.6) is 0 Å². The van der Waals surface area contributed by atoms with E-state index in [0.717, 1.165) is 23.4 Å². The predicted molar refractivity (Wildman–Crippen MR) is 65.8 cm³/mol. The van der Waals surface area contributed by atoms with Crippen molar-refractivity contribution in [1.29, 1.82) is 0 Å². The van der Waals surface area contributed by atoms with Gasteiger partial charge in [0.1, 0.15) is 10.7 Å². The zero-order chi connectivity index (χ0) is 11.6. The Morgan fingerprint density at radius 1 is 1.12 bits per heavy atom. The first-order chi connectivity index (χ1) is 8.16. The fourth-order valence-corrected chi connectivity index (χ4v) is 5.29. The quantitative estimate of drug-likeness (QED) is 0.834. The molecule has 3 nitrogen and oxygen atoms in total. The summed E-state index contributed by atoms with van der Waals surface area (Å²) in [5.74, 6) is 2.94. The Morgan fingerprint density at radius 3 is 2.06 bits per heavy atom. The summed E-state index contributed by atoms with van der Waals surface area (Å²) >= 11 is 6.26. The van der Waals surface area contributed by atoms with Crippen LogP contribution in [0.15, 0.2) is 4.52 Å². The van der Waals surface area contributed by atoms with Gasteiger partial charge >= 0.3 is 0 Å². The molecule has 5 rings (SSSR count). The molecule has 4 aliphatic rings. The van der Waals surface area contributed by atoms with E-state index in [1.807, 2.05) is 0 Å². The zero-order valence-corrected chi connectivity index (χ0v) is 10.5. The van der Waals surface area contributed by atoms with Gasteiger partial charge in [-0.3, -0.25) is 0 Å². The van der Waals surface area contributed by atoms with Crippen LogP contribution in [-0.4, -0.2) is 5.16 Å². The van der Waals surface area contributed by atoms with E-state index >= 15 is 0 Å². The molecule has 0 aromatic carbocycles. The van der Waals surface area contributed by atoms with Gasteiger partial charge in [-0.25, -0.2) is 0 Å². The highest BCUT2D eigenvalue weighted by atomic mass is 35.5. The van der Waals surface area contributed by atoms with E-state index in [4.69, 9.17) is 21.9 Å². The van der Waals surface area contributed by atoms with Gasteiger partial charge in [-0.1, -0.05) is 16.8 Å². The molecule has 4 bridgehead atoms. The molecule has 2 N–H and O–H groups in total. The fraction of sp³-hybridized carbons (Fsp3) is 0.769. The van der Waals surface area contributed by atoms with Gasteiger partial charge in [-0.05, 0) is 56.3 Å². The van der Waals surface area contributed by atoms with Gasteiger partial charge in [0.15, 0.2) is 0 Å². The monoisotopic (exact) mass is 252 g/mol. The Hall–Kier alpha value is -0.700. The Labute approximate surface area is 106 Å². The van der Waals surface area contributed by atoms with Crippen molar-refractivity contribution >= 4 is 17.5 Å². The molecular formula is C13H17ClN2O. The summed E-state index contributed by atoms with van der Waals surface area (Å²) < 4.78 is 5.08. The van der Waals surface area contributed by atoms with Crippen molar-refractivity contribution in [3.8, 4) is 0 Å². The fourth-order valence-electron chi connectivity index (χ4n) is 5.02. The Kier molecular flexibility index (Phi) is 1.92. The largest absolute Gasteiger partial charge is 0.366 e. The highest BCUT2D eigenvalue weighted by molar-refractivity contribution is 6.33. The maximum Gasteiger partial charge on any atom is 0.241 e. The molecular weight excluding hydrogens is 236 g/mol. The molecule has 0 atom stereocenters. The van der Waals surface area contributed by atoms with Crippen LogP contribution in [0.25, 0.3) is 0 Å². The molecule has 1 aromatic rings. The van der Waals surface area contributed by atoms with Crippen LogP contribution in [0, 0.1) is 17.8 Å². The zero-order valence-electron chi connectivity index (χ0n) is 9.79. The number of aromatic nitrogens is 1. The number of nitrogens with zero attached hydrogens (tertiary/aromatic N) is 1. The van der Waals surface area contributed by atoms with E-state index in [9.17, 15) is 0 Å². The Bertz CT molecular complexity index is 433. The first-order valence-electron chi connectivity index (χ1n) is 6.57. The van der Waals surface area contributed by atoms with Crippen molar-refractivity contribution in [2.45, 2.75) is 43.9 Å². The van der Waals surface area contributed by atoms with Crippen LogP contribution in [0.2, 0.25) is 5.02 Å². The smallest absolute Gasteiger partial charge is 0.241 e.